The van der Waals surface area contributed by atoms with Gasteiger partial charge in [-0.15, -0.1) is 0 Å². The topological polar surface area (TPSA) is 124 Å². The third-order valence-electron chi connectivity index (χ3n) is 2.84. The van der Waals surface area contributed by atoms with E-state index in [2.05, 4.69) is 0 Å². The van der Waals surface area contributed by atoms with Gasteiger partial charge in [0.1, 0.15) is 0 Å². The van der Waals surface area contributed by atoms with E-state index in [1.54, 1.807) is 6.07 Å². The molecule has 18 heavy (non-hydrogen) atoms. The van der Waals surface area contributed by atoms with E-state index in [-0.39, 0.29) is 11.4 Å². The molecule has 0 saturated carbocycles. The van der Waals surface area contributed by atoms with Crippen LogP contribution in [0.4, 0.5) is 0 Å². The Morgan fingerprint density at radius 1 is 1.06 bits per heavy atom. The standard InChI is InChI=1S/C9H13N3O4S2/c10-17(13,14)9-2-1-7-3-4-12(18(11,15)16)6-8(7)5-9/h1-2,5H,3-4,6H2,(H2,10,13,14)(H2,11,15,16). The predicted octanol–water partition coefficient (Wildman–Crippen LogP) is -1.10. The van der Waals surface area contributed by atoms with Crippen molar-refractivity contribution in [2.24, 2.45) is 10.3 Å². The highest BCUT2D eigenvalue weighted by molar-refractivity contribution is 7.89. The van der Waals surface area contributed by atoms with Gasteiger partial charge in [0.15, 0.2) is 0 Å². The summed E-state index contributed by atoms with van der Waals surface area (Å²) in [5.41, 5.74) is 1.52. The summed E-state index contributed by atoms with van der Waals surface area (Å²) < 4.78 is 46.0. The summed E-state index contributed by atoms with van der Waals surface area (Å²) >= 11 is 0. The zero-order chi connectivity index (χ0) is 13.6. The van der Waals surface area contributed by atoms with Crippen molar-refractivity contribution in [2.45, 2.75) is 17.9 Å². The largest absolute Gasteiger partial charge is 0.277 e. The van der Waals surface area contributed by atoms with Crippen molar-refractivity contribution in [3.63, 3.8) is 0 Å². The smallest absolute Gasteiger partial charge is 0.225 e. The minimum Gasteiger partial charge on any atom is -0.225 e. The van der Waals surface area contributed by atoms with Crippen molar-refractivity contribution in [3.8, 4) is 0 Å². The molecule has 0 aromatic heterocycles. The molecule has 0 spiro atoms. The van der Waals surface area contributed by atoms with Crippen molar-refractivity contribution in [3.05, 3.63) is 29.3 Å². The van der Waals surface area contributed by atoms with Crippen LogP contribution in [-0.2, 0) is 33.2 Å². The molecule has 0 saturated heterocycles. The van der Waals surface area contributed by atoms with Crippen molar-refractivity contribution in [1.29, 1.82) is 0 Å². The fourth-order valence-electron chi connectivity index (χ4n) is 1.90. The molecule has 0 aliphatic carbocycles. The van der Waals surface area contributed by atoms with Crippen LogP contribution in [0.3, 0.4) is 0 Å². The molecule has 0 atom stereocenters. The molecule has 1 aromatic carbocycles. The average Bonchev–Trinajstić information content (AvgIpc) is 2.25. The highest BCUT2D eigenvalue weighted by Crippen LogP contribution is 2.22. The van der Waals surface area contributed by atoms with Gasteiger partial charge >= 0.3 is 0 Å². The van der Waals surface area contributed by atoms with E-state index in [0.29, 0.717) is 18.5 Å². The number of primary sulfonamides is 1. The van der Waals surface area contributed by atoms with E-state index in [9.17, 15) is 16.8 Å². The lowest BCUT2D eigenvalue weighted by molar-refractivity contribution is 0.391. The van der Waals surface area contributed by atoms with Gasteiger partial charge in [-0.05, 0) is 29.7 Å². The maximum atomic E-state index is 11.2. The highest BCUT2D eigenvalue weighted by Gasteiger charge is 2.24. The molecular formula is C9H13N3O4S2. The van der Waals surface area contributed by atoms with Gasteiger partial charge in [0.25, 0.3) is 10.2 Å². The number of nitrogens with two attached hydrogens (primary N) is 2. The lowest BCUT2D eigenvalue weighted by Gasteiger charge is -2.26. The zero-order valence-corrected chi connectivity index (χ0v) is 11.0. The minimum absolute atomic E-state index is 0.0301. The van der Waals surface area contributed by atoms with Crippen LogP contribution in [-0.4, -0.2) is 27.7 Å². The van der Waals surface area contributed by atoms with Gasteiger partial charge in [-0.3, -0.25) is 0 Å². The van der Waals surface area contributed by atoms with E-state index < -0.39 is 20.2 Å². The third kappa shape index (κ3) is 2.70. The van der Waals surface area contributed by atoms with Crippen LogP contribution in [0.15, 0.2) is 23.1 Å². The Morgan fingerprint density at radius 3 is 2.28 bits per heavy atom. The summed E-state index contributed by atoms with van der Waals surface area (Å²) in [6.07, 6.45) is 0.497. The molecule has 0 bridgehead atoms. The van der Waals surface area contributed by atoms with Gasteiger partial charge in [-0.25, -0.2) is 18.7 Å². The van der Waals surface area contributed by atoms with Gasteiger partial charge in [-0.1, -0.05) is 6.07 Å². The molecule has 4 N–H and O–H groups in total. The van der Waals surface area contributed by atoms with Crippen LogP contribution >= 0.6 is 0 Å². The second-order valence-corrected chi connectivity index (χ2v) is 7.21. The first-order valence-electron chi connectivity index (χ1n) is 5.10. The monoisotopic (exact) mass is 291 g/mol. The SMILES string of the molecule is NS(=O)(=O)c1ccc2c(c1)CN(S(N)(=O)=O)CC2. The predicted molar refractivity (Wildman–Crippen MR) is 65.0 cm³/mol. The first-order valence-corrected chi connectivity index (χ1v) is 8.15. The van der Waals surface area contributed by atoms with Crippen LogP contribution in [0.25, 0.3) is 0 Å². The van der Waals surface area contributed by atoms with E-state index >= 15 is 0 Å². The summed E-state index contributed by atoms with van der Waals surface area (Å²) in [5, 5.41) is 10.1. The van der Waals surface area contributed by atoms with Crippen LogP contribution in [0.5, 0.6) is 0 Å². The zero-order valence-electron chi connectivity index (χ0n) is 9.40. The van der Waals surface area contributed by atoms with Gasteiger partial charge in [0.05, 0.1) is 4.90 Å². The summed E-state index contributed by atoms with van der Waals surface area (Å²) in [7, 11) is -7.55. The van der Waals surface area contributed by atoms with Crippen LogP contribution < -0.4 is 10.3 Å². The lowest BCUT2D eigenvalue weighted by Crippen LogP contribution is -2.40. The fourth-order valence-corrected chi connectivity index (χ4v) is 3.13. The molecule has 1 aliphatic rings. The molecule has 1 aromatic rings. The lowest BCUT2D eigenvalue weighted by atomic mass is 10.0. The summed E-state index contributed by atoms with van der Waals surface area (Å²) in [4.78, 5) is -0.0301. The number of rotatable bonds is 2. The number of sulfonamides is 1. The van der Waals surface area contributed by atoms with Crippen LogP contribution in [0, 0.1) is 0 Å². The van der Waals surface area contributed by atoms with E-state index in [1.165, 1.54) is 12.1 Å². The summed E-state index contributed by atoms with van der Waals surface area (Å²) in [5.74, 6) is 0. The summed E-state index contributed by atoms with van der Waals surface area (Å²) in [6.45, 7) is 0.359. The highest BCUT2D eigenvalue weighted by atomic mass is 32.2. The molecule has 0 radical (unpaired) electrons. The Balaban J connectivity index is 2.42. The van der Waals surface area contributed by atoms with Gasteiger partial charge in [-0.2, -0.15) is 12.7 Å². The van der Waals surface area contributed by atoms with Crippen LogP contribution in [0.2, 0.25) is 0 Å². The Labute approximate surface area is 106 Å². The molecule has 9 heteroatoms. The third-order valence-corrected chi connectivity index (χ3v) is 4.79. The first kappa shape index (κ1) is 13.4. The average molecular weight is 291 g/mol. The van der Waals surface area contributed by atoms with Gasteiger partial charge in [0, 0.05) is 13.1 Å². The normalized spacial score (nSPS) is 17.4. The maximum Gasteiger partial charge on any atom is 0.277 e. The molecule has 0 amide bonds. The van der Waals surface area contributed by atoms with E-state index in [1.807, 2.05) is 0 Å². The molecule has 0 unspecified atom stereocenters. The van der Waals surface area contributed by atoms with Crippen LogP contribution in [0.1, 0.15) is 11.1 Å². The Hall–Kier alpha value is -1.00. The summed E-state index contributed by atoms with van der Waals surface area (Å²) in [6, 6.07) is 4.46. The van der Waals surface area contributed by atoms with Crippen molar-refractivity contribution in [1.82, 2.24) is 4.31 Å². The maximum absolute atomic E-state index is 11.2. The van der Waals surface area contributed by atoms with Crippen molar-refractivity contribution >= 4 is 20.2 Å². The molecule has 1 heterocycles. The molecular weight excluding hydrogens is 278 g/mol. The number of hydrogen-bond acceptors (Lipinski definition) is 4. The fraction of sp³-hybridized carbons (Fsp3) is 0.333. The molecule has 0 fully saturated rings. The van der Waals surface area contributed by atoms with E-state index in [0.717, 1.165) is 9.87 Å². The molecule has 2 rings (SSSR count). The van der Waals surface area contributed by atoms with Crippen molar-refractivity contribution < 1.29 is 16.8 Å². The second-order valence-electron chi connectivity index (χ2n) is 4.10. The first-order chi connectivity index (χ1) is 8.18. The quantitative estimate of drug-likeness (QED) is 0.717. The second kappa shape index (κ2) is 4.28. The molecule has 1 aliphatic heterocycles. The number of hydrogen-bond donors (Lipinski definition) is 2. The minimum atomic E-state index is -3.79. The molecule has 7 nitrogen and oxygen atoms in total. The van der Waals surface area contributed by atoms with Crippen molar-refractivity contribution in [2.75, 3.05) is 6.54 Å². The Bertz CT molecular complexity index is 682. The van der Waals surface area contributed by atoms with Gasteiger partial charge < -0.3 is 0 Å². The van der Waals surface area contributed by atoms with Gasteiger partial charge in [0.2, 0.25) is 10.0 Å². The number of benzene rings is 1. The Morgan fingerprint density at radius 2 is 1.72 bits per heavy atom. The number of fused-ring (bicyclic) bond motifs is 1. The van der Waals surface area contributed by atoms with E-state index in [4.69, 9.17) is 10.3 Å². The number of nitrogens with zero attached hydrogens (tertiary/aromatic N) is 1. The Kier molecular flexibility index (Phi) is 3.19. The molecule has 100 valence electrons.